The average Bonchev–Trinajstić information content (AvgIpc) is 3.26. The number of fused-ring (bicyclic) bond motifs is 1. The molecule has 0 bridgehead atoms. The van der Waals surface area contributed by atoms with Gasteiger partial charge in [0.2, 0.25) is 11.1 Å². The molecule has 4 aromatic rings. The lowest BCUT2D eigenvalue weighted by atomic mass is 10.1. The Morgan fingerprint density at radius 2 is 1.79 bits per heavy atom. The summed E-state index contributed by atoms with van der Waals surface area (Å²) in [5.74, 6) is 1.89. The van der Waals surface area contributed by atoms with E-state index in [1.165, 1.54) is 18.9 Å². The minimum Gasteiger partial charge on any atom is -0.497 e. The van der Waals surface area contributed by atoms with E-state index >= 15 is 0 Å². The minimum absolute atomic E-state index is 0.130. The second-order valence-electron chi connectivity index (χ2n) is 6.83. The van der Waals surface area contributed by atoms with E-state index < -0.39 is 0 Å². The molecule has 170 valence electrons. The zero-order chi connectivity index (χ0) is 23.2. The second kappa shape index (κ2) is 10.2. The van der Waals surface area contributed by atoms with Crippen molar-refractivity contribution >= 4 is 29.0 Å². The van der Waals surface area contributed by atoms with Crippen molar-refractivity contribution in [2.24, 2.45) is 0 Å². The molecule has 9 nitrogen and oxygen atoms in total. The predicted molar refractivity (Wildman–Crippen MR) is 126 cm³/mol. The first-order chi connectivity index (χ1) is 16.1. The quantitative estimate of drug-likeness (QED) is 0.371. The normalized spacial score (nSPS) is 10.8. The maximum absolute atomic E-state index is 12.5. The van der Waals surface area contributed by atoms with Crippen molar-refractivity contribution in [2.75, 3.05) is 31.9 Å². The lowest BCUT2D eigenvalue weighted by Gasteiger charge is -2.11. The van der Waals surface area contributed by atoms with Crippen LogP contribution in [0, 0.1) is 0 Å². The number of amides is 1. The lowest BCUT2D eigenvalue weighted by Crippen LogP contribution is -2.15. The molecule has 0 spiro atoms. The second-order valence-corrected chi connectivity index (χ2v) is 7.77. The summed E-state index contributed by atoms with van der Waals surface area (Å²) in [6.45, 7) is 2.56. The van der Waals surface area contributed by atoms with Crippen molar-refractivity contribution in [3.05, 3.63) is 54.6 Å². The molecule has 0 aliphatic heterocycles. The van der Waals surface area contributed by atoms with Crippen LogP contribution in [0.2, 0.25) is 0 Å². The average molecular weight is 466 g/mol. The Kier molecular flexibility index (Phi) is 6.94. The third kappa shape index (κ3) is 5.17. The molecule has 0 fully saturated rings. The molecule has 2 aromatic carbocycles. The molecule has 0 saturated carbocycles. The molecule has 33 heavy (non-hydrogen) atoms. The highest BCUT2D eigenvalue weighted by Gasteiger charge is 2.14. The summed E-state index contributed by atoms with van der Waals surface area (Å²) in [6.07, 6.45) is 0. The summed E-state index contributed by atoms with van der Waals surface area (Å²) in [7, 11) is 3.11. The van der Waals surface area contributed by atoms with Gasteiger partial charge in [-0.2, -0.15) is 9.61 Å². The zero-order valence-corrected chi connectivity index (χ0v) is 19.3. The molecule has 10 heteroatoms. The van der Waals surface area contributed by atoms with Crippen LogP contribution < -0.4 is 19.5 Å². The van der Waals surface area contributed by atoms with Crippen molar-refractivity contribution in [3.8, 4) is 28.5 Å². The molecule has 2 aromatic heterocycles. The third-order valence-electron chi connectivity index (χ3n) is 4.71. The highest BCUT2D eigenvalue weighted by molar-refractivity contribution is 7.99. The molecule has 1 amide bonds. The number of carbonyl (C=O) groups is 1. The van der Waals surface area contributed by atoms with E-state index in [0.29, 0.717) is 34.6 Å². The molecule has 4 rings (SSSR count). The Hall–Kier alpha value is -3.79. The van der Waals surface area contributed by atoms with Gasteiger partial charge < -0.3 is 19.5 Å². The molecule has 2 heterocycles. The topological polar surface area (TPSA) is 99.9 Å². The molecular weight excluding hydrogens is 442 g/mol. The molecule has 0 aliphatic carbocycles. The number of rotatable bonds is 9. The molecule has 0 saturated heterocycles. The van der Waals surface area contributed by atoms with Crippen LogP contribution in [0.15, 0.2) is 59.8 Å². The number of ether oxygens (including phenoxy) is 3. The van der Waals surface area contributed by atoms with Gasteiger partial charge in [-0.15, -0.1) is 10.2 Å². The molecular formula is C23H23N5O4S. The van der Waals surface area contributed by atoms with Gasteiger partial charge in [0.1, 0.15) is 17.2 Å². The summed E-state index contributed by atoms with van der Waals surface area (Å²) in [5.41, 5.74) is 2.87. The monoisotopic (exact) mass is 465 g/mol. The first-order valence-electron chi connectivity index (χ1n) is 10.2. The summed E-state index contributed by atoms with van der Waals surface area (Å²) < 4.78 is 17.6. The van der Waals surface area contributed by atoms with E-state index in [9.17, 15) is 4.79 Å². The Morgan fingerprint density at radius 3 is 2.52 bits per heavy atom. The zero-order valence-electron chi connectivity index (χ0n) is 18.4. The third-order valence-corrected chi connectivity index (χ3v) is 5.63. The van der Waals surface area contributed by atoms with Crippen LogP contribution >= 0.6 is 11.8 Å². The number of anilines is 1. The van der Waals surface area contributed by atoms with Crippen molar-refractivity contribution in [1.82, 2.24) is 19.8 Å². The van der Waals surface area contributed by atoms with Crippen LogP contribution in [0.1, 0.15) is 6.92 Å². The molecule has 0 aliphatic rings. The van der Waals surface area contributed by atoms with Gasteiger partial charge in [-0.25, -0.2) is 0 Å². The molecule has 0 unspecified atom stereocenters. The number of aromatic nitrogens is 4. The van der Waals surface area contributed by atoms with Gasteiger partial charge in [0.25, 0.3) is 0 Å². The van der Waals surface area contributed by atoms with Crippen LogP contribution in [0.4, 0.5) is 5.69 Å². The molecule has 0 radical (unpaired) electrons. The van der Waals surface area contributed by atoms with Gasteiger partial charge in [-0.1, -0.05) is 11.8 Å². The number of thioether (sulfide) groups is 1. The van der Waals surface area contributed by atoms with Gasteiger partial charge in [0.05, 0.1) is 38.0 Å². The summed E-state index contributed by atoms with van der Waals surface area (Å²) >= 11 is 1.25. The van der Waals surface area contributed by atoms with Crippen molar-refractivity contribution < 1.29 is 19.0 Å². The van der Waals surface area contributed by atoms with Crippen LogP contribution in [-0.2, 0) is 4.79 Å². The Labute approximate surface area is 195 Å². The predicted octanol–water partition coefficient (Wildman–Crippen LogP) is 3.94. The first-order valence-corrected chi connectivity index (χ1v) is 11.2. The van der Waals surface area contributed by atoms with E-state index in [2.05, 4.69) is 20.6 Å². The van der Waals surface area contributed by atoms with Crippen LogP contribution in [0.5, 0.6) is 17.2 Å². The number of carbonyl (C=O) groups excluding carboxylic acids is 1. The van der Waals surface area contributed by atoms with Crippen molar-refractivity contribution in [2.45, 2.75) is 12.1 Å². The minimum atomic E-state index is -0.206. The first kappa shape index (κ1) is 22.4. The van der Waals surface area contributed by atoms with Crippen molar-refractivity contribution in [3.63, 3.8) is 0 Å². The molecule has 0 atom stereocenters. The largest absolute Gasteiger partial charge is 0.497 e. The van der Waals surface area contributed by atoms with Gasteiger partial charge in [-0.05, 0) is 55.5 Å². The summed E-state index contributed by atoms with van der Waals surface area (Å²) in [6, 6.07) is 16.6. The number of methoxy groups -OCH3 is 2. The fourth-order valence-corrected chi connectivity index (χ4v) is 3.81. The van der Waals surface area contributed by atoms with Gasteiger partial charge >= 0.3 is 0 Å². The van der Waals surface area contributed by atoms with E-state index in [0.717, 1.165) is 17.0 Å². The number of nitrogens with zero attached hydrogens (tertiary/aromatic N) is 4. The maximum atomic E-state index is 12.5. The van der Waals surface area contributed by atoms with Gasteiger partial charge in [0.15, 0.2) is 5.65 Å². The Balaban J connectivity index is 1.46. The molecule has 1 N–H and O–H groups in total. The van der Waals surface area contributed by atoms with Crippen LogP contribution in [-0.4, -0.2) is 52.3 Å². The van der Waals surface area contributed by atoms with Gasteiger partial charge in [-0.3, -0.25) is 4.79 Å². The summed E-state index contributed by atoms with van der Waals surface area (Å²) in [5, 5.41) is 16.3. The fourth-order valence-electron chi connectivity index (χ4n) is 3.12. The Bertz CT molecular complexity index is 1260. The summed E-state index contributed by atoms with van der Waals surface area (Å²) in [4.78, 5) is 12.5. The SMILES string of the molecule is CCOc1ccc(-c2ccc3nnc(SCC(=O)Nc4ccc(OC)cc4OC)n3n2)cc1. The van der Waals surface area contributed by atoms with Crippen LogP contribution in [0.3, 0.4) is 0 Å². The number of nitrogens with one attached hydrogen (secondary N) is 1. The highest BCUT2D eigenvalue weighted by Crippen LogP contribution is 2.29. The van der Waals surface area contributed by atoms with E-state index in [4.69, 9.17) is 14.2 Å². The highest BCUT2D eigenvalue weighted by atomic mass is 32.2. The van der Waals surface area contributed by atoms with Crippen LogP contribution in [0.25, 0.3) is 16.9 Å². The lowest BCUT2D eigenvalue weighted by molar-refractivity contribution is -0.113. The smallest absolute Gasteiger partial charge is 0.234 e. The van der Waals surface area contributed by atoms with E-state index in [1.807, 2.05) is 43.3 Å². The standard InChI is InChI=1S/C23H23N5O4S/c1-4-32-16-7-5-15(6-8-16)18-11-12-21-25-26-23(28(21)27-18)33-14-22(29)24-19-10-9-17(30-2)13-20(19)31-3/h5-13H,4,14H2,1-3H3,(H,24,29). The fraction of sp³-hybridized carbons (Fsp3) is 0.217. The maximum Gasteiger partial charge on any atom is 0.234 e. The Morgan fingerprint density at radius 1 is 1.00 bits per heavy atom. The van der Waals surface area contributed by atoms with E-state index in [-0.39, 0.29) is 11.7 Å². The van der Waals surface area contributed by atoms with E-state index in [1.54, 1.807) is 29.8 Å². The van der Waals surface area contributed by atoms with Crippen molar-refractivity contribution in [1.29, 1.82) is 0 Å². The number of benzene rings is 2. The van der Waals surface area contributed by atoms with Gasteiger partial charge in [0, 0.05) is 11.6 Å². The number of hydrogen-bond donors (Lipinski definition) is 1. The number of hydrogen-bond acceptors (Lipinski definition) is 8.